The molecule has 2 nitrogen and oxygen atoms in total. The minimum absolute atomic E-state index is 0.134. The predicted molar refractivity (Wildman–Crippen MR) is 61.4 cm³/mol. The van der Waals surface area contributed by atoms with Gasteiger partial charge in [-0.05, 0) is 18.6 Å². The van der Waals surface area contributed by atoms with E-state index in [9.17, 15) is 5.11 Å². The predicted octanol–water partition coefficient (Wildman–Crippen LogP) is 1.88. The van der Waals surface area contributed by atoms with Gasteiger partial charge in [-0.25, -0.2) is 0 Å². The van der Waals surface area contributed by atoms with Gasteiger partial charge in [-0.2, -0.15) is 0 Å². The van der Waals surface area contributed by atoms with Crippen LogP contribution in [0.3, 0.4) is 0 Å². The van der Waals surface area contributed by atoms with Crippen molar-refractivity contribution in [1.82, 2.24) is 0 Å². The van der Waals surface area contributed by atoms with Crippen molar-refractivity contribution >= 4 is 11.8 Å². The van der Waals surface area contributed by atoms with E-state index in [1.54, 1.807) is 11.8 Å². The second-order valence-corrected chi connectivity index (χ2v) is 4.36. The molecule has 1 aromatic rings. The Morgan fingerprint density at radius 3 is 2.57 bits per heavy atom. The summed E-state index contributed by atoms with van der Waals surface area (Å²) in [5, 5.41) is 9.47. The molecule has 1 aromatic carbocycles. The molecular weight excluding hydrogens is 194 g/mol. The first-order valence-corrected chi connectivity index (χ1v) is 5.84. The summed E-state index contributed by atoms with van der Waals surface area (Å²) >= 11 is 1.69. The lowest BCUT2D eigenvalue weighted by atomic mass is 10.1. The first kappa shape index (κ1) is 11.6. The Labute approximate surface area is 89.5 Å². The zero-order valence-corrected chi connectivity index (χ0v) is 9.20. The number of rotatable bonds is 5. The smallest absolute Gasteiger partial charge is 0.0696 e. The molecule has 0 fully saturated rings. The van der Waals surface area contributed by atoms with E-state index < -0.39 is 0 Å². The quantitative estimate of drug-likeness (QED) is 0.731. The van der Waals surface area contributed by atoms with Gasteiger partial charge in [0, 0.05) is 16.7 Å². The maximum atomic E-state index is 9.47. The molecule has 3 N–H and O–H groups in total. The second kappa shape index (κ2) is 6.06. The number of aliphatic hydroxyl groups is 1. The van der Waals surface area contributed by atoms with Crippen LogP contribution in [0.1, 0.15) is 13.3 Å². The molecule has 0 aromatic heterocycles. The van der Waals surface area contributed by atoms with Crippen molar-refractivity contribution < 1.29 is 5.11 Å². The standard InChI is InChI=1S/C11H17NOS/c1-2-11(13)10(12)8-14-9-6-4-3-5-7-9/h3-7,10-11,13H,2,8,12H2,1H3/t10-,11+/m0/s1. The van der Waals surface area contributed by atoms with Gasteiger partial charge in [0.05, 0.1) is 6.10 Å². The normalized spacial score (nSPS) is 15.1. The number of aliphatic hydroxyl groups excluding tert-OH is 1. The van der Waals surface area contributed by atoms with E-state index in [4.69, 9.17) is 5.73 Å². The Balaban J connectivity index is 2.34. The molecule has 78 valence electrons. The maximum Gasteiger partial charge on any atom is 0.0696 e. The molecule has 0 saturated heterocycles. The van der Waals surface area contributed by atoms with E-state index in [0.29, 0.717) is 0 Å². The minimum atomic E-state index is -0.383. The van der Waals surface area contributed by atoms with Crippen LogP contribution >= 0.6 is 11.8 Å². The van der Waals surface area contributed by atoms with Crippen molar-refractivity contribution in [3.63, 3.8) is 0 Å². The van der Waals surface area contributed by atoms with Crippen molar-refractivity contribution in [2.75, 3.05) is 5.75 Å². The largest absolute Gasteiger partial charge is 0.391 e. The molecule has 0 aliphatic carbocycles. The van der Waals surface area contributed by atoms with E-state index in [1.807, 2.05) is 25.1 Å². The van der Waals surface area contributed by atoms with E-state index >= 15 is 0 Å². The highest BCUT2D eigenvalue weighted by Crippen LogP contribution is 2.18. The fourth-order valence-electron chi connectivity index (χ4n) is 1.12. The Hall–Kier alpha value is -0.510. The molecule has 0 spiro atoms. The summed E-state index contributed by atoms with van der Waals surface area (Å²) < 4.78 is 0. The molecule has 0 bridgehead atoms. The SMILES string of the molecule is CC[C@@H](O)[C@@H](N)CSc1ccccc1. The number of thioether (sulfide) groups is 1. The molecule has 0 heterocycles. The summed E-state index contributed by atoms with van der Waals surface area (Å²) in [6.45, 7) is 1.94. The highest BCUT2D eigenvalue weighted by atomic mass is 32.2. The van der Waals surface area contributed by atoms with Gasteiger partial charge in [0.25, 0.3) is 0 Å². The van der Waals surface area contributed by atoms with E-state index in [1.165, 1.54) is 4.90 Å². The lowest BCUT2D eigenvalue weighted by Crippen LogP contribution is -2.36. The third-order valence-electron chi connectivity index (χ3n) is 2.10. The average molecular weight is 211 g/mol. The highest BCUT2D eigenvalue weighted by Gasteiger charge is 2.12. The molecule has 2 atom stereocenters. The molecule has 0 unspecified atom stereocenters. The van der Waals surface area contributed by atoms with Crippen LogP contribution in [0.25, 0.3) is 0 Å². The van der Waals surface area contributed by atoms with Gasteiger partial charge < -0.3 is 10.8 Å². The molecule has 0 saturated carbocycles. The average Bonchev–Trinajstić information content (AvgIpc) is 2.26. The van der Waals surface area contributed by atoms with Crippen LogP contribution in [-0.4, -0.2) is 23.0 Å². The fourth-order valence-corrected chi connectivity index (χ4v) is 2.08. The Morgan fingerprint density at radius 2 is 2.00 bits per heavy atom. The molecular formula is C11H17NOS. The van der Waals surface area contributed by atoms with Crippen LogP contribution in [0.15, 0.2) is 35.2 Å². The zero-order valence-electron chi connectivity index (χ0n) is 8.39. The van der Waals surface area contributed by atoms with Crippen LogP contribution in [0.2, 0.25) is 0 Å². The van der Waals surface area contributed by atoms with Crippen molar-refractivity contribution in [2.24, 2.45) is 5.73 Å². The Morgan fingerprint density at radius 1 is 1.36 bits per heavy atom. The van der Waals surface area contributed by atoms with E-state index in [-0.39, 0.29) is 12.1 Å². The van der Waals surface area contributed by atoms with Crippen LogP contribution in [0.4, 0.5) is 0 Å². The topological polar surface area (TPSA) is 46.2 Å². The van der Waals surface area contributed by atoms with Crippen molar-refractivity contribution in [2.45, 2.75) is 30.4 Å². The molecule has 0 aliphatic heterocycles. The van der Waals surface area contributed by atoms with Crippen LogP contribution in [0, 0.1) is 0 Å². The Bertz CT molecular complexity index is 253. The monoisotopic (exact) mass is 211 g/mol. The van der Waals surface area contributed by atoms with Gasteiger partial charge >= 0.3 is 0 Å². The number of benzene rings is 1. The summed E-state index contributed by atoms with van der Waals surface area (Å²) in [4.78, 5) is 1.20. The number of nitrogens with two attached hydrogens (primary N) is 1. The lowest BCUT2D eigenvalue weighted by molar-refractivity contribution is 0.148. The van der Waals surface area contributed by atoms with Crippen molar-refractivity contribution in [3.8, 4) is 0 Å². The van der Waals surface area contributed by atoms with E-state index in [0.717, 1.165) is 12.2 Å². The molecule has 0 amide bonds. The molecule has 3 heteroatoms. The highest BCUT2D eigenvalue weighted by molar-refractivity contribution is 7.99. The van der Waals surface area contributed by atoms with Gasteiger partial charge in [0.15, 0.2) is 0 Å². The zero-order chi connectivity index (χ0) is 10.4. The summed E-state index contributed by atoms with van der Waals surface area (Å²) in [5.41, 5.74) is 5.80. The minimum Gasteiger partial charge on any atom is -0.391 e. The number of hydrogen-bond acceptors (Lipinski definition) is 3. The first-order valence-electron chi connectivity index (χ1n) is 4.85. The number of hydrogen-bond donors (Lipinski definition) is 2. The maximum absolute atomic E-state index is 9.47. The molecule has 0 aliphatic rings. The fraction of sp³-hybridized carbons (Fsp3) is 0.455. The van der Waals surface area contributed by atoms with Crippen molar-refractivity contribution in [3.05, 3.63) is 30.3 Å². The van der Waals surface area contributed by atoms with Gasteiger partial charge in [-0.1, -0.05) is 25.1 Å². The molecule has 0 radical (unpaired) electrons. The van der Waals surface area contributed by atoms with Gasteiger partial charge in [0.1, 0.15) is 0 Å². The van der Waals surface area contributed by atoms with Crippen LogP contribution in [0.5, 0.6) is 0 Å². The van der Waals surface area contributed by atoms with Gasteiger partial charge in [0.2, 0.25) is 0 Å². The molecule has 14 heavy (non-hydrogen) atoms. The Kier molecular flexibility index (Phi) is 5.01. The molecule has 1 rings (SSSR count). The summed E-state index contributed by atoms with van der Waals surface area (Å²) in [6, 6.07) is 9.97. The summed E-state index contributed by atoms with van der Waals surface area (Å²) in [5.74, 6) is 0.763. The first-order chi connectivity index (χ1) is 6.74. The second-order valence-electron chi connectivity index (χ2n) is 3.26. The van der Waals surface area contributed by atoms with Crippen LogP contribution in [-0.2, 0) is 0 Å². The summed E-state index contributed by atoms with van der Waals surface area (Å²) in [6.07, 6.45) is 0.336. The van der Waals surface area contributed by atoms with E-state index in [2.05, 4.69) is 12.1 Å². The third kappa shape index (κ3) is 3.70. The van der Waals surface area contributed by atoms with Crippen LogP contribution < -0.4 is 5.73 Å². The third-order valence-corrected chi connectivity index (χ3v) is 3.26. The van der Waals surface area contributed by atoms with Crippen molar-refractivity contribution in [1.29, 1.82) is 0 Å². The summed E-state index contributed by atoms with van der Waals surface area (Å²) in [7, 11) is 0. The van der Waals surface area contributed by atoms with Gasteiger partial charge in [-0.3, -0.25) is 0 Å². The lowest BCUT2D eigenvalue weighted by Gasteiger charge is -2.16. The van der Waals surface area contributed by atoms with Gasteiger partial charge in [-0.15, -0.1) is 11.8 Å².